The highest BCUT2D eigenvalue weighted by Gasteiger charge is 2.00. The summed E-state index contributed by atoms with van der Waals surface area (Å²) in [5.74, 6) is 0. The molecule has 1 rings (SSSR count). The zero-order valence-corrected chi connectivity index (χ0v) is 6.38. The van der Waals surface area contributed by atoms with E-state index < -0.39 is 0 Å². The van der Waals surface area contributed by atoms with Crippen LogP contribution in [0.1, 0.15) is 5.56 Å². The largest absolute Gasteiger partial charge is 0.273 e. The third-order valence-corrected chi connectivity index (χ3v) is 1.49. The Morgan fingerprint density at radius 2 is 2.56 bits per heavy atom. The van der Waals surface area contributed by atoms with Crippen molar-refractivity contribution >= 4 is 15.9 Å². The number of rotatable bonds is 0. The van der Waals surface area contributed by atoms with E-state index in [1.807, 2.05) is 6.07 Å². The molecule has 1 heterocycles. The predicted octanol–water partition coefficient (Wildman–Crippen LogP) is 1.05. The van der Waals surface area contributed by atoms with Gasteiger partial charge in [0.25, 0.3) is 0 Å². The van der Waals surface area contributed by atoms with Crippen LogP contribution in [-0.2, 0) is 7.05 Å². The van der Waals surface area contributed by atoms with Crippen molar-refractivity contribution in [1.29, 1.82) is 5.26 Å². The topological polar surface area (TPSA) is 41.6 Å². The third kappa shape index (κ3) is 1.11. The Kier molecular flexibility index (Phi) is 1.54. The lowest BCUT2D eigenvalue weighted by atomic mass is 10.4. The highest BCUT2D eigenvalue weighted by molar-refractivity contribution is 9.10. The van der Waals surface area contributed by atoms with E-state index in [4.69, 9.17) is 5.26 Å². The lowest BCUT2D eigenvalue weighted by Gasteiger charge is -1.78. The lowest BCUT2D eigenvalue weighted by molar-refractivity contribution is 0.760. The van der Waals surface area contributed by atoms with Crippen LogP contribution in [0.5, 0.6) is 0 Å². The van der Waals surface area contributed by atoms with E-state index in [0.717, 1.165) is 0 Å². The summed E-state index contributed by atoms with van der Waals surface area (Å²) in [4.78, 5) is 0. The lowest BCUT2D eigenvalue weighted by Crippen LogP contribution is -1.84. The minimum atomic E-state index is 0.567. The van der Waals surface area contributed by atoms with Crippen molar-refractivity contribution in [2.24, 2.45) is 7.05 Å². The van der Waals surface area contributed by atoms with Gasteiger partial charge in [-0.2, -0.15) is 10.4 Å². The maximum Gasteiger partial charge on any atom is 0.145 e. The molecule has 0 fully saturated rings. The van der Waals surface area contributed by atoms with Gasteiger partial charge in [-0.3, -0.25) is 4.68 Å². The number of aryl methyl sites for hydroxylation is 1. The Balaban J connectivity index is 3.20. The summed E-state index contributed by atoms with van der Waals surface area (Å²) >= 11 is 3.12. The van der Waals surface area contributed by atoms with Crippen LogP contribution in [0.4, 0.5) is 0 Å². The van der Waals surface area contributed by atoms with Crippen LogP contribution in [-0.4, -0.2) is 9.78 Å². The number of nitriles is 1. The van der Waals surface area contributed by atoms with E-state index in [2.05, 4.69) is 21.0 Å². The normalized spacial score (nSPS) is 9.00. The summed E-state index contributed by atoms with van der Waals surface area (Å²) in [5, 5.41) is 12.3. The van der Waals surface area contributed by atoms with Gasteiger partial charge in [0.05, 0.1) is 0 Å². The van der Waals surface area contributed by atoms with E-state index in [0.29, 0.717) is 10.2 Å². The van der Waals surface area contributed by atoms with Gasteiger partial charge in [-0.15, -0.1) is 0 Å². The molecule has 0 aliphatic rings. The molecule has 0 unspecified atom stereocenters. The number of hydrogen-bond donors (Lipinski definition) is 0. The first-order valence-corrected chi connectivity index (χ1v) is 3.12. The summed E-state index contributed by atoms with van der Waals surface area (Å²) < 4.78 is 2.19. The first-order chi connectivity index (χ1) is 4.24. The molecule has 0 saturated carbocycles. The molecule has 0 bridgehead atoms. The third-order valence-electron chi connectivity index (χ3n) is 0.904. The quantitative estimate of drug-likeness (QED) is 0.607. The first kappa shape index (κ1) is 6.30. The summed E-state index contributed by atoms with van der Waals surface area (Å²) in [5.41, 5.74) is 0.567. The fourth-order valence-electron chi connectivity index (χ4n) is 0.536. The molecular weight excluding hydrogens is 182 g/mol. The molecule has 0 aliphatic heterocycles. The smallest absolute Gasteiger partial charge is 0.145 e. The fraction of sp³-hybridized carbons (Fsp3) is 0.200. The van der Waals surface area contributed by atoms with E-state index in [1.54, 1.807) is 17.9 Å². The molecular formula is C5H4BrN3. The molecule has 4 heteroatoms. The molecule has 0 spiro atoms. The van der Waals surface area contributed by atoms with Gasteiger partial charge in [0.1, 0.15) is 16.2 Å². The van der Waals surface area contributed by atoms with Crippen LogP contribution in [0.25, 0.3) is 0 Å². The van der Waals surface area contributed by atoms with Crippen LogP contribution in [0.3, 0.4) is 0 Å². The van der Waals surface area contributed by atoms with Crippen LogP contribution in [0, 0.1) is 11.3 Å². The Bertz CT molecular complexity index is 258. The Morgan fingerprint density at radius 1 is 1.89 bits per heavy atom. The molecule has 0 N–H and O–H groups in total. The highest BCUT2D eigenvalue weighted by atomic mass is 79.9. The second-order valence-corrected chi connectivity index (χ2v) is 2.37. The predicted molar refractivity (Wildman–Crippen MR) is 35.6 cm³/mol. The first-order valence-electron chi connectivity index (χ1n) is 2.33. The van der Waals surface area contributed by atoms with Gasteiger partial charge in [0.2, 0.25) is 0 Å². The minimum absolute atomic E-state index is 0.567. The molecule has 1 aromatic heterocycles. The summed E-state index contributed by atoms with van der Waals surface area (Å²) in [7, 11) is 1.77. The number of nitrogens with zero attached hydrogens (tertiary/aromatic N) is 3. The summed E-state index contributed by atoms with van der Waals surface area (Å²) in [6.45, 7) is 0. The molecule has 9 heavy (non-hydrogen) atoms. The van der Waals surface area contributed by atoms with Crippen molar-refractivity contribution in [3.05, 3.63) is 16.4 Å². The van der Waals surface area contributed by atoms with Gasteiger partial charge in [-0.1, -0.05) is 0 Å². The van der Waals surface area contributed by atoms with Crippen molar-refractivity contribution < 1.29 is 0 Å². The van der Waals surface area contributed by atoms with E-state index in [9.17, 15) is 0 Å². The van der Waals surface area contributed by atoms with Gasteiger partial charge >= 0.3 is 0 Å². The average Bonchev–Trinajstić information content (AvgIpc) is 2.10. The Hall–Kier alpha value is -0.820. The zero-order valence-electron chi connectivity index (χ0n) is 4.80. The molecule has 0 radical (unpaired) electrons. The average molecular weight is 186 g/mol. The SMILES string of the molecule is Cn1cc(C#N)c(Br)n1. The zero-order chi connectivity index (χ0) is 6.85. The standard InChI is InChI=1S/C5H4BrN3/c1-9-3-4(2-7)5(6)8-9/h3H,1H3. The molecule has 3 nitrogen and oxygen atoms in total. The summed E-state index contributed by atoms with van der Waals surface area (Å²) in [6.07, 6.45) is 1.66. The van der Waals surface area contributed by atoms with E-state index in [-0.39, 0.29) is 0 Å². The Morgan fingerprint density at radius 3 is 2.78 bits per heavy atom. The van der Waals surface area contributed by atoms with E-state index in [1.165, 1.54) is 0 Å². The van der Waals surface area contributed by atoms with Gasteiger partial charge in [-0.05, 0) is 15.9 Å². The van der Waals surface area contributed by atoms with Gasteiger partial charge in [0, 0.05) is 13.2 Å². The highest BCUT2D eigenvalue weighted by Crippen LogP contribution is 2.10. The molecule has 0 atom stereocenters. The number of hydrogen-bond acceptors (Lipinski definition) is 2. The molecule has 1 aromatic rings. The number of aromatic nitrogens is 2. The monoisotopic (exact) mass is 185 g/mol. The molecule has 0 amide bonds. The second-order valence-electron chi connectivity index (χ2n) is 1.62. The van der Waals surface area contributed by atoms with Crippen molar-refractivity contribution in [3.63, 3.8) is 0 Å². The van der Waals surface area contributed by atoms with Gasteiger partial charge < -0.3 is 0 Å². The molecule has 46 valence electrons. The van der Waals surface area contributed by atoms with Gasteiger partial charge in [0.15, 0.2) is 0 Å². The molecule has 0 saturated heterocycles. The number of halogens is 1. The van der Waals surface area contributed by atoms with Crippen LogP contribution >= 0.6 is 15.9 Å². The van der Waals surface area contributed by atoms with Gasteiger partial charge in [-0.25, -0.2) is 0 Å². The van der Waals surface area contributed by atoms with Crippen LogP contribution in [0.15, 0.2) is 10.8 Å². The van der Waals surface area contributed by atoms with E-state index >= 15 is 0 Å². The summed E-state index contributed by atoms with van der Waals surface area (Å²) in [6, 6.07) is 1.99. The van der Waals surface area contributed by atoms with Crippen molar-refractivity contribution in [1.82, 2.24) is 9.78 Å². The Labute approximate surface area is 61.0 Å². The fourth-order valence-corrected chi connectivity index (χ4v) is 0.978. The van der Waals surface area contributed by atoms with Crippen molar-refractivity contribution in [2.75, 3.05) is 0 Å². The van der Waals surface area contributed by atoms with Crippen LogP contribution < -0.4 is 0 Å². The maximum absolute atomic E-state index is 8.40. The molecule has 0 aliphatic carbocycles. The molecule has 0 aromatic carbocycles. The van der Waals surface area contributed by atoms with Crippen molar-refractivity contribution in [2.45, 2.75) is 0 Å². The maximum atomic E-state index is 8.40. The minimum Gasteiger partial charge on any atom is -0.273 e. The van der Waals surface area contributed by atoms with Crippen molar-refractivity contribution in [3.8, 4) is 6.07 Å². The van der Waals surface area contributed by atoms with Crippen LogP contribution in [0.2, 0.25) is 0 Å². The second kappa shape index (κ2) is 2.19.